The number of hydrogen-bond acceptors (Lipinski definition) is 5. The summed E-state index contributed by atoms with van der Waals surface area (Å²) in [5.74, 6) is 1.15. The number of carbonyl (C=O) groups excluding carboxylic acids is 2. The van der Waals surface area contributed by atoms with E-state index < -0.39 is 0 Å². The topological polar surface area (TPSA) is 88.5 Å². The third kappa shape index (κ3) is 4.87. The number of hydrogen-bond donors (Lipinski definition) is 2. The first-order valence-corrected chi connectivity index (χ1v) is 10.1. The van der Waals surface area contributed by atoms with Gasteiger partial charge in [0.05, 0.1) is 24.9 Å². The Morgan fingerprint density at radius 2 is 2.00 bits per heavy atom. The van der Waals surface area contributed by atoms with Crippen molar-refractivity contribution in [3.63, 3.8) is 0 Å². The molecule has 8 heteroatoms. The normalized spacial score (nSPS) is 24.1. The second kappa shape index (κ2) is 8.39. The fraction of sp³-hybridized carbons (Fsp3) is 0.737. The number of nitrogens with zero attached hydrogens (tertiary/aromatic N) is 3. The van der Waals surface area contributed by atoms with Crippen LogP contribution in [0, 0.1) is 5.92 Å². The first-order valence-electron chi connectivity index (χ1n) is 10.1. The van der Waals surface area contributed by atoms with Gasteiger partial charge in [-0.15, -0.1) is 0 Å². The molecule has 1 aromatic heterocycles. The van der Waals surface area contributed by atoms with E-state index in [0.717, 1.165) is 64.0 Å². The van der Waals surface area contributed by atoms with Gasteiger partial charge in [0.25, 0.3) is 0 Å². The molecule has 3 aliphatic rings. The molecule has 3 heterocycles. The zero-order valence-electron chi connectivity index (χ0n) is 15.7. The zero-order valence-corrected chi connectivity index (χ0v) is 15.7. The first kappa shape index (κ1) is 18.4. The van der Waals surface area contributed by atoms with Gasteiger partial charge in [0, 0.05) is 38.2 Å². The number of ether oxygens (including phenoxy) is 1. The molecule has 2 amide bonds. The SMILES string of the molecule is O=C(CN1CCC(n2nccc2NC(=O)C2CC2)CC1)NCC1CCCO1. The molecule has 1 atom stereocenters. The Kier molecular flexibility index (Phi) is 5.73. The molecule has 1 aliphatic carbocycles. The van der Waals surface area contributed by atoms with Crippen molar-refractivity contribution in [1.82, 2.24) is 20.0 Å². The molecule has 2 N–H and O–H groups in total. The van der Waals surface area contributed by atoms with Crippen LogP contribution in [0.25, 0.3) is 0 Å². The van der Waals surface area contributed by atoms with Crippen molar-refractivity contribution in [3.05, 3.63) is 12.3 Å². The predicted octanol–water partition coefficient (Wildman–Crippen LogP) is 1.16. The number of anilines is 1. The van der Waals surface area contributed by atoms with Crippen LogP contribution >= 0.6 is 0 Å². The number of likely N-dealkylation sites (tertiary alicyclic amines) is 1. The lowest BCUT2D eigenvalue weighted by Crippen LogP contribution is -2.43. The molecule has 0 aromatic carbocycles. The number of rotatable bonds is 7. The minimum atomic E-state index is 0.0698. The Morgan fingerprint density at radius 3 is 2.70 bits per heavy atom. The molecule has 0 radical (unpaired) electrons. The highest BCUT2D eigenvalue weighted by Gasteiger charge is 2.31. The fourth-order valence-electron chi connectivity index (χ4n) is 3.89. The number of piperidine rings is 1. The maximum Gasteiger partial charge on any atom is 0.234 e. The van der Waals surface area contributed by atoms with Gasteiger partial charge in [0.15, 0.2) is 0 Å². The number of carbonyl (C=O) groups is 2. The molecule has 1 aromatic rings. The summed E-state index contributed by atoms with van der Waals surface area (Å²) in [5.41, 5.74) is 0. The molecule has 1 saturated carbocycles. The summed E-state index contributed by atoms with van der Waals surface area (Å²) in [6, 6.07) is 2.13. The van der Waals surface area contributed by atoms with Gasteiger partial charge < -0.3 is 15.4 Å². The van der Waals surface area contributed by atoms with Crippen molar-refractivity contribution in [1.29, 1.82) is 0 Å². The van der Waals surface area contributed by atoms with Crippen LogP contribution in [0.4, 0.5) is 5.82 Å². The second-order valence-corrected chi connectivity index (χ2v) is 7.87. The van der Waals surface area contributed by atoms with E-state index >= 15 is 0 Å². The average molecular weight is 375 g/mol. The molecule has 1 unspecified atom stereocenters. The summed E-state index contributed by atoms with van der Waals surface area (Å²) in [7, 11) is 0. The highest BCUT2D eigenvalue weighted by molar-refractivity contribution is 5.93. The first-order chi connectivity index (χ1) is 13.2. The van der Waals surface area contributed by atoms with Gasteiger partial charge in [-0.05, 0) is 38.5 Å². The second-order valence-electron chi connectivity index (χ2n) is 7.87. The third-order valence-corrected chi connectivity index (χ3v) is 5.69. The van der Waals surface area contributed by atoms with Crippen LogP contribution in [0.2, 0.25) is 0 Å². The van der Waals surface area contributed by atoms with E-state index in [-0.39, 0.29) is 29.9 Å². The van der Waals surface area contributed by atoms with Crippen molar-refractivity contribution >= 4 is 17.6 Å². The van der Waals surface area contributed by atoms with Gasteiger partial charge in [-0.25, -0.2) is 4.68 Å². The Bertz CT molecular complexity index is 658. The van der Waals surface area contributed by atoms with Crippen LogP contribution in [0.1, 0.15) is 44.6 Å². The predicted molar refractivity (Wildman–Crippen MR) is 100 cm³/mol. The number of amides is 2. The largest absolute Gasteiger partial charge is 0.376 e. The summed E-state index contributed by atoms with van der Waals surface area (Å²) >= 11 is 0. The van der Waals surface area contributed by atoms with Crippen LogP contribution in [0.15, 0.2) is 12.3 Å². The summed E-state index contributed by atoms with van der Waals surface area (Å²) < 4.78 is 7.48. The molecular formula is C19H29N5O3. The van der Waals surface area contributed by atoms with E-state index in [1.165, 1.54) is 0 Å². The summed E-state index contributed by atoms with van der Waals surface area (Å²) in [4.78, 5) is 26.4. The maximum atomic E-state index is 12.1. The van der Waals surface area contributed by atoms with Gasteiger partial charge in [0.2, 0.25) is 11.8 Å². The van der Waals surface area contributed by atoms with E-state index in [4.69, 9.17) is 4.74 Å². The van der Waals surface area contributed by atoms with Gasteiger partial charge in [0.1, 0.15) is 5.82 Å². The fourth-order valence-corrected chi connectivity index (χ4v) is 3.89. The molecule has 8 nitrogen and oxygen atoms in total. The summed E-state index contributed by atoms with van der Waals surface area (Å²) in [5, 5.41) is 10.4. The summed E-state index contributed by atoms with van der Waals surface area (Å²) in [6.45, 7) is 3.57. The molecule has 2 saturated heterocycles. The van der Waals surface area contributed by atoms with Crippen LogP contribution in [0.3, 0.4) is 0 Å². The quantitative estimate of drug-likeness (QED) is 0.747. The van der Waals surface area contributed by atoms with Crippen LogP contribution in [0.5, 0.6) is 0 Å². The standard InChI is InChI=1S/C19H29N5O3/c25-18(20-12-16-2-1-11-27-16)13-23-9-6-15(7-10-23)24-17(5-8-21-24)22-19(26)14-3-4-14/h5,8,14-16H,1-4,6-7,9-13H2,(H,20,25)(H,22,26). The Hall–Kier alpha value is -1.93. The van der Waals surface area contributed by atoms with Gasteiger partial charge in [-0.1, -0.05) is 0 Å². The molecule has 2 aliphatic heterocycles. The van der Waals surface area contributed by atoms with E-state index in [9.17, 15) is 9.59 Å². The van der Waals surface area contributed by atoms with Gasteiger partial charge in [-0.3, -0.25) is 14.5 Å². The van der Waals surface area contributed by atoms with Crippen molar-refractivity contribution in [2.75, 3.05) is 38.1 Å². The van der Waals surface area contributed by atoms with Gasteiger partial charge in [-0.2, -0.15) is 5.10 Å². The molecule has 148 valence electrons. The van der Waals surface area contributed by atoms with Crippen molar-refractivity contribution in [2.45, 2.75) is 50.7 Å². The number of nitrogens with one attached hydrogen (secondary N) is 2. The lowest BCUT2D eigenvalue weighted by Gasteiger charge is -2.32. The van der Waals surface area contributed by atoms with Crippen LogP contribution < -0.4 is 10.6 Å². The van der Waals surface area contributed by atoms with Crippen molar-refractivity contribution in [3.8, 4) is 0 Å². The molecule has 3 fully saturated rings. The lowest BCUT2D eigenvalue weighted by atomic mass is 10.1. The Labute approximate surface area is 159 Å². The molecule has 0 spiro atoms. The molecular weight excluding hydrogens is 346 g/mol. The lowest BCUT2D eigenvalue weighted by molar-refractivity contribution is -0.123. The average Bonchev–Trinajstić information content (AvgIpc) is 3.21. The van der Waals surface area contributed by atoms with Crippen LogP contribution in [-0.2, 0) is 14.3 Å². The van der Waals surface area contributed by atoms with Crippen LogP contribution in [-0.4, -0.2) is 65.4 Å². The smallest absolute Gasteiger partial charge is 0.234 e. The monoisotopic (exact) mass is 375 g/mol. The minimum Gasteiger partial charge on any atom is -0.376 e. The van der Waals surface area contributed by atoms with Gasteiger partial charge >= 0.3 is 0 Å². The van der Waals surface area contributed by atoms with Crippen molar-refractivity contribution in [2.24, 2.45) is 5.92 Å². The van der Waals surface area contributed by atoms with E-state index in [0.29, 0.717) is 13.1 Å². The Balaban J connectivity index is 1.21. The molecule has 4 rings (SSSR count). The van der Waals surface area contributed by atoms with Crippen molar-refractivity contribution < 1.29 is 14.3 Å². The van der Waals surface area contributed by atoms with E-state index in [1.807, 2.05) is 10.7 Å². The summed E-state index contributed by atoms with van der Waals surface area (Å²) in [6.07, 6.45) is 7.89. The van der Waals surface area contributed by atoms with E-state index in [1.54, 1.807) is 6.20 Å². The Morgan fingerprint density at radius 1 is 1.19 bits per heavy atom. The number of aromatic nitrogens is 2. The zero-order chi connectivity index (χ0) is 18.6. The molecule has 27 heavy (non-hydrogen) atoms. The molecule has 0 bridgehead atoms. The highest BCUT2D eigenvalue weighted by atomic mass is 16.5. The maximum absolute atomic E-state index is 12.1. The highest BCUT2D eigenvalue weighted by Crippen LogP contribution is 2.31. The third-order valence-electron chi connectivity index (χ3n) is 5.69. The van der Waals surface area contributed by atoms with E-state index in [2.05, 4.69) is 20.6 Å². The minimum absolute atomic E-state index is 0.0698.